The molecular weight excluding hydrogens is 276 g/mol. The van der Waals surface area contributed by atoms with Crippen LogP contribution in [0, 0.1) is 6.92 Å². The normalized spacial score (nSPS) is 12.2. The minimum Gasteiger partial charge on any atom is -0.265 e. The van der Waals surface area contributed by atoms with E-state index in [1.54, 1.807) is 43.6 Å². The highest BCUT2D eigenvalue weighted by Crippen LogP contribution is 2.14. The van der Waals surface area contributed by atoms with Crippen LogP contribution in [-0.2, 0) is 14.4 Å². The summed E-state index contributed by atoms with van der Waals surface area (Å²) in [5.74, 6) is 0. The molecule has 0 radical (unpaired) electrons. The summed E-state index contributed by atoms with van der Waals surface area (Å²) in [6.07, 6.45) is 3.21. The summed E-state index contributed by atoms with van der Waals surface area (Å²) in [6, 6.07) is 9.89. The van der Waals surface area contributed by atoms with E-state index in [9.17, 15) is 8.42 Å². The Morgan fingerprint density at radius 2 is 1.90 bits per heavy atom. The summed E-state index contributed by atoms with van der Waals surface area (Å²) < 4.78 is 28.6. The Bertz CT molecular complexity index is 708. The summed E-state index contributed by atoms with van der Waals surface area (Å²) in [5, 5.41) is 3.65. The van der Waals surface area contributed by atoms with Gasteiger partial charge >= 0.3 is 10.1 Å². The van der Waals surface area contributed by atoms with Crippen molar-refractivity contribution in [3.05, 3.63) is 59.9 Å². The fourth-order valence-electron chi connectivity index (χ4n) is 1.48. The molecule has 5 nitrogen and oxygen atoms in total. The SMILES string of the molecule is C/C(=N\OS(=O)(=O)c1ccc(C)cc1)c1cccnc1. The summed E-state index contributed by atoms with van der Waals surface area (Å²) >= 11 is 0. The van der Waals surface area contributed by atoms with Crippen LogP contribution in [0.4, 0.5) is 0 Å². The maximum atomic E-state index is 11.9. The first kappa shape index (κ1) is 14.2. The number of pyridine rings is 1. The molecule has 0 unspecified atom stereocenters. The van der Waals surface area contributed by atoms with Crippen molar-refractivity contribution < 1.29 is 12.7 Å². The van der Waals surface area contributed by atoms with Crippen LogP contribution < -0.4 is 0 Å². The Labute approximate surface area is 118 Å². The van der Waals surface area contributed by atoms with E-state index in [0.717, 1.165) is 5.56 Å². The van der Waals surface area contributed by atoms with Crippen molar-refractivity contribution in [2.75, 3.05) is 0 Å². The molecule has 0 atom stereocenters. The lowest BCUT2D eigenvalue weighted by Gasteiger charge is -2.03. The number of hydrogen-bond donors (Lipinski definition) is 0. The summed E-state index contributed by atoms with van der Waals surface area (Å²) in [5.41, 5.74) is 2.11. The number of oxime groups is 1. The largest absolute Gasteiger partial charge is 0.358 e. The zero-order valence-electron chi connectivity index (χ0n) is 11.1. The minimum atomic E-state index is -3.89. The molecule has 104 valence electrons. The fourth-order valence-corrected chi connectivity index (χ4v) is 2.25. The quantitative estimate of drug-likeness (QED) is 0.641. The first-order valence-electron chi connectivity index (χ1n) is 5.94. The average Bonchev–Trinajstić information content (AvgIpc) is 2.46. The van der Waals surface area contributed by atoms with Crippen LogP contribution in [0.25, 0.3) is 0 Å². The lowest BCUT2D eigenvalue weighted by molar-refractivity contribution is 0.339. The molecule has 0 saturated carbocycles. The van der Waals surface area contributed by atoms with Crippen molar-refractivity contribution >= 4 is 15.8 Å². The highest BCUT2D eigenvalue weighted by molar-refractivity contribution is 7.86. The second-order valence-corrected chi connectivity index (χ2v) is 5.79. The molecule has 0 N–H and O–H groups in total. The third-order valence-corrected chi connectivity index (χ3v) is 3.78. The average molecular weight is 290 g/mol. The molecule has 0 amide bonds. The second-order valence-electron chi connectivity index (χ2n) is 4.26. The number of aryl methyl sites for hydroxylation is 1. The Balaban J connectivity index is 2.19. The molecule has 2 rings (SSSR count). The Morgan fingerprint density at radius 1 is 1.20 bits per heavy atom. The van der Waals surface area contributed by atoms with Gasteiger partial charge < -0.3 is 0 Å². The lowest BCUT2D eigenvalue weighted by atomic mass is 10.2. The molecule has 0 saturated heterocycles. The number of nitrogens with zero attached hydrogens (tertiary/aromatic N) is 2. The smallest absolute Gasteiger partial charge is 0.265 e. The standard InChI is InChI=1S/C14H14N2O3S/c1-11-5-7-14(8-6-11)20(17,18)19-16-12(2)13-4-3-9-15-10-13/h3-10H,1-2H3/b16-12+. The predicted octanol–water partition coefficient (Wildman–Crippen LogP) is 2.52. The van der Waals surface area contributed by atoms with Gasteiger partial charge in [0.1, 0.15) is 4.90 Å². The van der Waals surface area contributed by atoms with Gasteiger partial charge in [0, 0.05) is 18.0 Å². The van der Waals surface area contributed by atoms with Gasteiger partial charge in [0.15, 0.2) is 0 Å². The van der Waals surface area contributed by atoms with E-state index in [-0.39, 0.29) is 4.90 Å². The van der Waals surface area contributed by atoms with Crippen LogP contribution in [-0.4, -0.2) is 19.1 Å². The van der Waals surface area contributed by atoms with Crippen molar-refractivity contribution in [1.29, 1.82) is 0 Å². The molecule has 0 bridgehead atoms. The molecule has 0 aliphatic heterocycles. The van der Waals surface area contributed by atoms with E-state index in [2.05, 4.69) is 10.1 Å². The van der Waals surface area contributed by atoms with Gasteiger partial charge in [-0.15, -0.1) is 0 Å². The van der Waals surface area contributed by atoms with Crippen LogP contribution in [0.1, 0.15) is 18.1 Å². The fraction of sp³-hybridized carbons (Fsp3) is 0.143. The molecule has 6 heteroatoms. The van der Waals surface area contributed by atoms with Crippen LogP contribution >= 0.6 is 0 Å². The van der Waals surface area contributed by atoms with E-state index in [0.29, 0.717) is 11.3 Å². The number of rotatable bonds is 4. The Hall–Kier alpha value is -2.21. The van der Waals surface area contributed by atoms with E-state index in [4.69, 9.17) is 4.28 Å². The summed E-state index contributed by atoms with van der Waals surface area (Å²) in [7, 11) is -3.89. The molecule has 20 heavy (non-hydrogen) atoms. The maximum Gasteiger partial charge on any atom is 0.358 e. The van der Waals surface area contributed by atoms with Gasteiger partial charge in [0.2, 0.25) is 0 Å². The molecule has 1 heterocycles. The van der Waals surface area contributed by atoms with Crippen LogP contribution in [0.15, 0.2) is 58.8 Å². The number of aromatic nitrogens is 1. The Kier molecular flexibility index (Phi) is 4.14. The van der Waals surface area contributed by atoms with Gasteiger partial charge in [-0.2, -0.15) is 8.42 Å². The molecule has 0 aliphatic carbocycles. The van der Waals surface area contributed by atoms with Crippen molar-refractivity contribution in [2.24, 2.45) is 5.16 Å². The van der Waals surface area contributed by atoms with Gasteiger partial charge in [-0.05, 0) is 38.1 Å². The van der Waals surface area contributed by atoms with Gasteiger partial charge in [-0.3, -0.25) is 9.27 Å². The summed E-state index contributed by atoms with van der Waals surface area (Å²) in [4.78, 5) is 4.01. The van der Waals surface area contributed by atoms with E-state index < -0.39 is 10.1 Å². The minimum absolute atomic E-state index is 0.0748. The third-order valence-electron chi connectivity index (χ3n) is 2.66. The van der Waals surface area contributed by atoms with Crippen molar-refractivity contribution in [3.63, 3.8) is 0 Å². The molecule has 0 spiro atoms. The Morgan fingerprint density at radius 3 is 2.50 bits per heavy atom. The maximum absolute atomic E-state index is 11.9. The first-order chi connectivity index (χ1) is 9.49. The highest BCUT2D eigenvalue weighted by atomic mass is 32.2. The third kappa shape index (κ3) is 3.42. The molecule has 1 aromatic carbocycles. The zero-order chi connectivity index (χ0) is 14.6. The number of benzene rings is 1. The molecule has 1 aromatic heterocycles. The number of hydrogen-bond acceptors (Lipinski definition) is 5. The van der Waals surface area contributed by atoms with E-state index >= 15 is 0 Å². The van der Waals surface area contributed by atoms with Crippen LogP contribution in [0.5, 0.6) is 0 Å². The van der Waals surface area contributed by atoms with Gasteiger partial charge in [-0.1, -0.05) is 22.9 Å². The van der Waals surface area contributed by atoms with Crippen LogP contribution in [0.2, 0.25) is 0 Å². The van der Waals surface area contributed by atoms with E-state index in [1.165, 1.54) is 12.1 Å². The monoisotopic (exact) mass is 290 g/mol. The van der Waals surface area contributed by atoms with E-state index in [1.807, 2.05) is 6.92 Å². The van der Waals surface area contributed by atoms with Gasteiger partial charge in [0.25, 0.3) is 0 Å². The highest BCUT2D eigenvalue weighted by Gasteiger charge is 2.15. The zero-order valence-corrected chi connectivity index (χ0v) is 12.0. The second kappa shape index (κ2) is 5.83. The van der Waals surface area contributed by atoms with Gasteiger partial charge in [-0.25, -0.2) is 0 Å². The van der Waals surface area contributed by atoms with Crippen molar-refractivity contribution in [2.45, 2.75) is 18.7 Å². The molecular formula is C14H14N2O3S. The molecule has 0 aliphatic rings. The summed E-state index contributed by atoms with van der Waals surface area (Å²) in [6.45, 7) is 3.53. The van der Waals surface area contributed by atoms with Crippen LogP contribution in [0.3, 0.4) is 0 Å². The van der Waals surface area contributed by atoms with Crippen molar-refractivity contribution in [3.8, 4) is 0 Å². The lowest BCUT2D eigenvalue weighted by Crippen LogP contribution is -2.05. The van der Waals surface area contributed by atoms with Gasteiger partial charge in [0.05, 0.1) is 5.71 Å². The molecule has 2 aromatic rings. The topological polar surface area (TPSA) is 68.6 Å². The predicted molar refractivity (Wildman–Crippen MR) is 75.9 cm³/mol. The first-order valence-corrected chi connectivity index (χ1v) is 7.35. The van der Waals surface area contributed by atoms with Crippen molar-refractivity contribution in [1.82, 2.24) is 4.98 Å². The molecule has 0 fully saturated rings.